The molecular weight excluding hydrogens is 282 g/mol. The first-order chi connectivity index (χ1) is 10.7. The van der Waals surface area contributed by atoms with Crippen molar-refractivity contribution in [3.8, 4) is 11.4 Å². The summed E-state index contributed by atoms with van der Waals surface area (Å²) in [5, 5.41) is 4.86. The second kappa shape index (κ2) is 5.06. The lowest BCUT2D eigenvalue weighted by atomic mass is 10.1. The van der Waals surface area contributed by atoms with Gasteiger partial charge in [-0.2, -0.15) is 4.98 Å². The summed E-state index contributed by atoms with van der Waals surface area (Å²) in [6, 6.07) is 7.69. The first kappa shape index (κ1) is 13.2. The predicted octanol–water partition coefficient (Wildman–Crippen LogP) is 2.74. The number of H-pyrrole nitrogens is 1. The smallest absolute Gasteiger partial charge is 0.259 e. The molecule has 112 valence electrons. The minimum absolute atomic E-state index is 0.150. The number of aromatic amines is 1. The molecule has 6 nitrogen and oxygen atoms in total. The molecule has 1 aliphatic heterocycles. The Balaban J connectivity index is 1.78. The van der Waals surface area contributed by atoms with Crippen molar-refractivity contribution in [1.82, 2.24) is 15.1 Å². The number of hydrogen-bond acceptors (Lipinski definition) is 5. The Morgan fingerprint density at radius 1 is 1.32 bits per heavy atom. The largest absolute Gasteiger partial charge is 0.368 e. The summed E-state index contributed by atoms with van der Waals surface area (Å²) >= 11 is 0. The Morgan fingerprint density at radius 2 is 2.23 bits per heavy atom. The number of aromatic nitrogens is 3. The molecule has 1 fully saturated rings. The highest BCUT2D eigenvalue weighted by atomic mass is 16.5. The number of ether oxygens (including phenoxy) is 1. The average molecular weight is 297 g/mol. The van der Waals surface area contributed by atoms with Gasteiger partial charge in [0.15, 0.2) is 0 Å². The molecule has 3 aromatic rings. The van der Waals surface area contributed by atoms with Gasteiger partial charge in [0.25, 0.3) is 11.4 Å². The summed E-state index contributed by atoms with van der Waals surface area (Å²) < 4.78 is 10.8. The van der Waals surface area contributed by atoms with Crippen LogP contribution >= 0.6 is 0 Å². The lowest BCUT2D eigenvalue weighted by molar-refractivity contribution is 0.0835. The van der Waals surface area contributed by atoms with Gasteiger partial charge in [-0.3, -0.25) is 4.79 Å². The van der Waals surface area contributed by atoms with Crippen molar-refractivity contribution >= 4 is 10.9 Å². The van der Waals surface area contributed by atoms with Crippen LogP contribution < -0.4 is 5.56 Å². The molecule has 6 heteroatoms. The third kappa shape index (κ3) is 2.21. The number of benzene rings is 1. The van der Waals surface area contributed by atoms with Crippen LogP contribution in [0.5, 0.6) is 0 Å². The zero-order valence-corrected chi connectivity index (χ0v) is 12.1. The van der Waals surface area contributed by atoms with Crippen molar-refractivity contribution in [1.29, 1.82) is 0 Å². The quantitative estimate of drug-likeness (QED) is 0.786. The van der Waals surface area contributed by atoms with Crippen LogP contribution in [0.3, 0.4) is 0 Å². The maximum Gasteiger partial charge on any atom is 0.259 e. The van der Waals surface area contributed by atoms with E-state index >= 15 is 0 Å². The van der Waals surface area contributed by atoms with E-state index in [-0.39, 0.29) is 11.7 Å². The summed E-state index contributed by atoms with van der Waals surface area (Å²) in [5.74, 6) is 0.741. The van der Waals surface area contributed by atoms with E-state index in [1.165, 1.54) is 0 Å². The molecule has 22 heavy (non-hydrogen) atoms. The molecule has 0 aliphatic carbocycles. The van der Waals surface area contributed by atoms with Gasteiger partial charge in [0, 0.05) is 12.1 Å². The van der Waals surface area contributed by atoms with Crippen molar-refractivity contribution in [2.45, 2.75) is 25.9 Å². The Kier molecular flexibility index (Phi) is 3.04. The fourth-order valence-electron chi connectivity index (χ4n) is 2.73. The third-order valence-electron chi connectivity index (χ3n) is 3.89. The van der Waals surface area contributed by atoms with E-state index < -0.39 is 0 Å². The first-order valence-electron chi connectivity index (χ1n) is 7.30. The Bertz CT molecular complexity index is 891. The van der Waals surface area contributed by atoms with Gasteiger partial charge >= 0.3 is 0 Å². The molecule has 1 atom stereocenters. The molecule has 2 aromatic heterocycles. The summed E-state index contributed by atoms with van der Waals surface area (Å²) in [6.45, 7) is 2.69. The third-order valence-corrected chi connectivity index (χ3v) is 3.89. The van der Waals surface area contributed by atoms with E-state index in [4.69, 9.17) is 9.26 Å². The van der Waals surface area contributed by atoms with Gasteiger partial charge < -0.3 is 14.2 Å². The van der Waals surface area contributed by atoms with Gasteiger partial charge in [-0.05, 0) is 42.8 Å². The number of fused-ring (bicyclic) bond motifs is 1. The maximum atomic E-state index is 12.3. The molecule has 0 bridgehead atoms. The second-order valence-electron chi connectivity index (χ2n) is 5.56. The van der Waals surface area contributed by atoms with E-state index in [0.29, 0.717) is 23.9 Å². The highest BCUT2D eigenvalue weighted by molar-refractivity contribution is 5.82. The van der Waals surface area contributed by atoms with Crippen LogP contribution in [-0.4, -0.2) is 21.7 Å². The van der Waals surface area contributed by atoms with E-state index in [2.05, 4.69) is 15.1 Å². The predicted molar refractivity (Wildman–Crippen MR) is 80.5 cm³/mol. The molecule has 1 saturated heterocycles. The summed E-state index contributed by atoms with van der Waals surface area (Å²) in [4.78, 5) is 19.5. The molecule has 1 aliphatic rings. The lowest BCUT2D eigenvalue weighted by Gasteiger charge is -2.02. The van der Waals surface area contributed by atoms with Gasteiger partial charge in [0.1, 0.15) is 6.10 Å². The van der Waals surface area contributed by atoms with E-state index in [1.54, 1.807) is 6.07 Å². The zero-order chi connectivity index (χ0) is 15.1. The average Bonchev–Trinajstić information content (AvgIpc) is 3.17. The van der Waals surface area contributed by atoms with Crippen LogP contribution in [0.25, 0.3) is 22.3 Å². The number of hydrogen-bond donors (Lipinski definition) is 1. The van der Waals surface area contributed by atoms with Crippen molar-refractivity contribution < 1.29 is 9.26 Å². The van der Waals surface area contributed by atoms with Crippen molar-refractivity contribution in [2.75, 3.05) is 6.61 Å². The molecule has 3 heterocycles. The summed E-state index contributed by atoms with van der Waals surface area (Å²) in [7, 11) is 0. The fraction of sp³-hybridized carbons (Fsp3) is 0.312. The normalized spacial score (nSPS) is 18.1. The van der Waals surface area contributed by atoms with Gasteiger partial charge in [0.05, 0.1) is 5.56 Å². The van der Waals surface area contributed by atoms with E-state index in [0.717, 1.165) is 29.3 Å². The number of aryl methyl sites for hydroxylation is 1. The fourth-order valence-corrected chi connectivity index (χ4v) is 2.73. The van der Waals surface area contributed by atoms with Gasteiger partial charge in [0.2, 0.25) is 5.82 Å². The van der Waals surface area contributed by atoms with Crippen LogP contribution in [0.15, 0.2) is 33.6 Å². The van der Waals surface area contributed by atoms with Crippen LogP contribution in [0.2, 0.25) is 0 Å². The maximum absolute atomic E-state index is 12.3. The number of nitrogens with one attached hydrogen (secondary N) is 1. The summed E-state index contributed by atoms with van der Waals surface area (Å²) in [5.41, 5.74) is 2.08. The topological polar surface area (TPSA) is 81.0 Å². The molecule has 0 unspecified atom stereocenters. The van der Waals surface area contributed by atoms with E-state index in [1.807, 2.05) is 25.1 Å². The Hall–Kier alpha value is -2.47. The Labute approximate surface area is 126 Å². The number of rotatable bonds is 2. The molecular formula is C16H15N3O3. The van der Waals surface area contributed by atoms with Gasteiger partial charge in [-0.25, -0.2) is 0 Å². The molecule has 0 spiro atoms. The Morgan fingerprint density at radius 3 is 3.05 bits per heavy atom. The standard InChI is InChI=1S/C16H15N3O3/c1-9-4-5-10-8-11(15(20)17-12(10)7-9)14-18-16(22-19-14)13-3-2-6-21-13/h4-5,7-8,13H,2-3,6H2,1H3,(H,17,20)/t13-/m0/s1. The van der Waals surface area contributed by atoms with Crippen molar-refractivity contribution in [3.05, 3.63) is 46.1 Å². The molecule has 0 radical (unpaired) electrons. The highest BCUT2D eigenvalue weighted by Gasteiger charge is 2.24. The van der Waals surface area contributed by atoms with Crippen LogP contribution in [0.1, 0.15) is 30.4 Å². The van der Waals surface area contributed by atoms with E-state index in [9.17, 15) is 4.79 Å². The van der Waals surface area contributed by atoms with Crippen molar-refractivity contribution in [3.63, 3.8) is 0 Å². The van der Waals surface area contributed by atoms with Crippen LogP contribution in [0, 0.1) is 6.92 Å². The summed E-state index contributed by atoms with van der Waals surface area (Å²) in [6.07, 6.45) is 1.70. The molecule has 0 amide bonds. The molecule has 0 saturated carbocycles. The second-order valence-corrected chi connectivity index (χ2v) is 5.56. The SMILES string of the molecule is Cc1ccc2cc(-c3noc([C@@H]4CCCO4)n3)c(=O)[nH]c2c1. The lowest BCUT2D eigenvalue weighted by Crippen LogP contribution is -2.09. The van der Waals surface area contributed by atoms with Crippen molar-refractivity contribution in [2.24, 2.45) is 0 Å². The van der Waals surface area contributed by atoms with Gasteiger partial charge in [-0.15, -0.1) is 0 Å². The minimum Gasteiger partial charge on any atom is -0.368 e. The van der Waals surface area contributed by atoms with Crippen LogP contribution in [0.4, 0.5) is 0 Å². The number of nitrogens with zero attached hydrogens (tertiary/aromatic N) is 2. The van der Waals surface area contributed by atoms with Crippen LogP contribution in [-0.2, 0) is 4.74 Å². The minimum atomic E-state index is -0.224. The molecule has 4 rings (SSSR count). The molecule has 1 N–H and O–H groups in total. The highest BCUT2D eigenvalue weighted by Crippen LogP contribution is 2.28. The zero-order valence-electron chi connectivity index (χ0n) is 12.1. The first-order valence-corrected chi connectivity index (χ1v) is 7.30. The number of pyridine rings is 1. The van der Waals surface area contributed by atoms with Gasteiger partial charge in [-0.1, -0.05) is 17.3 Å². The monoisotopic (exact) mass is 297 g/mol. The molecule has 1 aromatic carbocycles.